The maximum atomic E-state index is 11.3. The van der Waals surface area contributed by atoms with Gasteiger partial charge in [-0.25, -0.2) is 0 Å². The fraction of sp³-hybridized carbons (Fsp3) is 0.0667. The Hall–Kier alpha value is -2.09. The van der Waals surface area contributed by atoms with Crippen LogP contribution in [0.3, 0.4) is 0 Å². The quantitative estimate of drug-likeness (QED) is 0.806. The molecule has 2 aromatic rings. The Kier molecular flexibility index (Phi) is 2.22. The van der Waals surface area contributed by atoms with Crippen LogP contribution in [0.1, 0.15) is 17.0 Å². The Morgan fingerprint density at radius 3 is 2.35 bits per heavy atom. The highest BCUT2D eigenvalue weighted by Crippen LogP contribution is 2.40. The molecule has 2 aromatic carbocycles. The molecule has 0 heterocycles. The van der Waals surface area contributed by atoms with Crippen molar-refractivity contribution in [3.8, 4) is 11.1 Å². The molecule has 0 saturated heterocycles. The molecule has 1 aliphatic rings. The van der Waals surface area contributed by atoms with Crippen LogP contribution in [-0.4, -0.2) is 11.1 Å². The van der Waals surface area contributed by atoms with Crippen LogP contribution in [0.2, 0.25) is 0 Å². The number of fused-ring (bicyclic) bond motifs is 3. The molecule has 1 radical (unpaired) electrons. The first kappa shape index (κ1) is 10.1. The number of carbonyl (C=O) groups is 1. The molecule has 0 aromatic heterocycles. The van der Waals surface area contributed by atoms with E-state index >= 15 is 0 Å². The summed E-state index contributed by atoms with van der Waals surface area (Å²) < 4.78 is 0. The van der Waals surface area contributed by atoms with Gasteiger partial charge in [0.25, 0.3) is 0 Å². The van der Waals surface area contributed by atoms with E-state index in [9.17, 15) is 9.90 Å². The lowest BCUT2D eigenvalue weighted by Gasteiger charge is -2.24. The number of hydrogen-bond donors (Lipinski definition) is 1. The van der Waals surface area contributed by atoms with Crippen molar-refractivity contribution in [2.24, 2.45) is 0 Å². The van der Waals surface area contributed by atoms with Gasteiger partial charge in [-0.2, -0.15) is 0 Å². The molecule has 83 valence electrons. The third-order valence-electron chi connectivity index (χ3n) is 3.16. The van der Waals surface area contributed by atoms with Gasteiger partial charge in [0.1, 0.15) is 0 Å². The molecule has 1 N–H and O–H groups in total. The van der Waals surface area contributed by atoms with E-state index < -0.39 is 11.9 Å². The Balaban J connectivity index is 2.26. The molecule has 1 atom stereocenters. The summed E-state index contributed by atoms with van der Waals surface area (Å²) in [5, 5.41) is 9.28. The van der Waals surface area contributed by atoms with E-state index in [2.05, 4.69) is 0 Å². The highest BCUT2D eigenvalue weighted by molar-refractivity contribution is 5.88. The Labute approximate surface area is 99.5 Å². The molecule has 17 heavy (non-hydrogen) atoms. The van der Waals surface area contributed by atoms with Crippen molar-refractivity contribution in [1.82, 2.24) is 0 Å². The minimum Gasteiger partial charge on any atom is -0.481 e. The molecular weight excluding hydrogens is 212 g/mol. The minimum absolute atomic E-state index is 0.541. The van der Waals surface area contributed by atoms with Gasteiger partial charge in [0.05, 0.1) is 5.92 Å². The van der Waals surface area contributed by atoms with Crippen molar-refractivity contribution in [3.63, 3.8) is 0 Å². The molecule has 0 bridgehead atoms. The summed E-state index contributed by atoms with van der Waals surface area (Å²) in [6.45, 7) is 0. The lowest BCUT2D eigenvalue weighted by molar-refractivity contribution is -0.137. The van der Waals surface area contributed by atoms with Gasteiger partial charge in [0, 0.05) is 6.42 Å². The topological polar surface area (TPSA) is 37.3 Å². The van der Waals surface area contributed by atoms with Crippen molar-refractivity contribution < 1.29 is 9.90 Å². The van der Waals surface area contributed by atoms with Crippen LogP contribution < -0.4 is 0 Å². The number of aliphatic carboxylic acids is 1. The van der Waals surface area contributed by atoms with E-state index in [1.807, 2.05) is 55.0 Å². The largest absolute Gasteiger partial charge is 0.481 e. The zero-order valence-corrected chi connectivity index (χ0v) is 9.13. The Morgan fingerprint density at radius 1 is 0.941 bits per heavy atom. The van der Waals surface area contributed by atoms with Gasteiger partial charge in [-0.1, -0.05) is 48.5 Å². The average molecular weight is 223 g/mol. The maximum absolute atomic E-state index is 11.3. The van der Waals surface area contributed by atoms with Crippen molar-refractivity contribution >= 4 is 5.97 Å². The van der Waals surface area contributed by atoms with Crippen LogP contribution in [0.25, 0.3) is 11.1 Å². The first-order chi connectivity index (χ1) is 8.27. The summed E-state index contributed by atoms with van der Waals surface area (Å²) in [5.74, 6) is -1.34. The number of carboxylic acids is 1. The van der Waals surface area contributed by atoms with Crippen LogP contribution >= 0.6 is 0 Å². The smallest absolute Gasteiger partial charge is 0.311 e. The summed E-state index contributed by atoms with van der Waals surface area (Å²) in [5.41, 5.74) is 4.01. The fourth-order valence-corrected chi connectivity index (χ4v) is 2.37. The van der Waals surface area contributed by atoms with Crippen molar-refractivity contribution in [3.05, 3.63) is 66.1 Å². The van der Waals surface area contributed by atoms with Crippen LogP contribution in [0.5, 0.6) is 0 Å². The van der Waals surface area contributed by atoms with Crippen molar-refractivity contribution in [2.75, 3.05) is 0 Å². The average Bonchev–Trinajstić information content (AvgIpc) is 2.37. The van der Waals surface area contributed by atoms with E-state index in [-0.39, 0.29) is 0 Å². The molecular formula is C15H11O2. The monoisotopic (exact) mass is 223 g/mol. The van der Waals surface area contributed by atoms with E-state index in [0.717, 1.165) is 22.3 Å². The van der Waals surface area contributed by atoms with Gasteiger partial charge in [-0.05, 0) is 22.3 Å². The van der Waals surface area contributed by atoms with Gasteiger partial charge in [-0.3, -0.25) is 4.79 Å². The summed E-state index contributed by atoms with van der Waals surface area (Å²) >= 11 is 0. The summed E-state index contributed by atoms with van der Waals surface area (Å²) in [6.07, 6.45) is 1.82. The zero-order valence-electron chi connectivity index (χ0n) is 9.13. The summed E-state index contributed by atoms with van der Waals surface area (Å²) in [6, 6.07) is 15.6. The van der Waals surface area contributed by atoms with Crippen molar-refractivity contribution in [1.29, 1.82) is 0 Å². The van der Waals surface area contributed by atoms with E-state index in [0.29, 0.717) is 0 Å². The zero-order chi connectivity index (χ0) is 11.8. The second kappa shape index (κ2) is 3.74. The van der Waals surface area contributed by atoms with Gasteiger partial charge < -0.3 is 5.11 Å². The maximum Gasteiger partial charge on any atom is 0.311 e. The minimum atomic E-state index is -0.799. The number of rotatable bonds is 1. The van der Waals surface area contributed by atoms with E-state index in [4.69, 9.17) is 0 Å². The molecule has 0 aliphatic heterocycles. The molecule has 3 rings (SSSR count). The molecule has 0 amide bonds. The normalized spacial score (nSPS) is 17.1. The molecule has 2 heteroatoms. The number of hydrogen-bond acceptors (Lipinski definition) is 1. The molecule has 0 spiro atoms. The number of carboxylic acid groups (broad SMARTS) is 1. The third kappa shape index (κ3) is 1.53. The third-order valence-corrected chi connectivity index (χ3v) is 3.16. The lowest BCUT2D eigenvalue weighted by Crippen LogP contribution is -2.17. The summed E-state index contributed by atoms with van der Waals surface area (Å²) in [7, 11) is 0. The van der Waals surface area contributed by atoms with Gasteiger partial charge in [0.15, 0.2) is 0 Å². The predicted molar refractivity (Wildman–Crippen MR) is 65.7 cm³/mol. The molecule has 0 saturated carbocycles. The Bertz CT molecular complexity index is 587. The Morgan fingerprint density at radius 2 is 1.59 bits per heavy atom. The highest BCUT2D eigenvalue weighted by atomic mass is 16.4. The van der Waals surface area contributed by atoms with Crippen LogP contribution in [-0.2, 0) is 4.79 Å². The van der Waals surface area contributed by atoms with E-state index in [1.165, 1.54) is 0 Å². The van der Waals surface area contributed by atoms with Crippen LogP contribution in [0.4, 0.5) is 0 Å². The molecule has 1 aliphatic carbocycles. The second-order valence-electron chi connectivity index (χ2n) is 4.16. The first-order valence-corrected chi connectivity index (χ1v) is 5.53. The standard InChI is InChI=1S/C15H11O2/c16-15(17)14-9-10-5-1-2-6-11(10)12-7-3-4-8-13(12)14/h1-9,14H,(H,16,17). The van der Waals surface area contributed by atoms with Gasteiger partial charge >= 0.3 is 5.97 Å². The lowest BCUT2D eigenvalue weighted by atomic mass is 9.79. The summed E-state index contributed by atoms with van der Waals surface area (Å²) in [4.78, 5) is 11.3. The van der Waals surface area contributed by atoms with Crippen molar-refractivity contribution in [2.45, 2.75) is 5.92 Å². The highest BCUT2D eigenvalue weighted by Gasteiger charge is 2.29. The molecule has 0 fully saturated rings. The molecule has 2 nitrogen and oxygen atoms in total. The predicted octanol–water partition coefficient (Wildman–Crippen LogP) is 3.09. The van der Waals surface area contributed by atoms with Crippen LogP contribution in [0, 0.1) is 6.42 Å². The number of benzene rings is 2. The first-order valence-electron chi connectivity index (χ1n) is 5.53. The van der Waals surface area contributed by atoms with Crippen LogP contribution in [0.15, 0.2) is 48.5 Å². The SMILES string of the molecule is O=C(O)C1[CH]c2ccccc2-c2ccccc21. The van der Waals surface area contributed by atoms with Gasteiger partial charge in [-0.15, -0.1) is 0 Å². The fourth-order valence-electron chi connectivity index (χ4n) is 2.37. The van der Waals surface area contributed by atoms with E-state index in [1.54, 1.807) is 0 Å². The second-order valence-corrected chi connectivity index (χ2v) is 4.16. The van der Waals surface area contributed by atoms with Gasteiger partial charge in [0.2, 0.25) is 0 Å². The molecule has 1 unspecified atom stereocenters.